The summed E-state index contributed by atoms with van der Waals surface area (Å²) in [6, 6.07) is 1.77. The number of hydrogen-bond donors (Lipinski definition) is 1. The van der Waals surface area contributed by atoms with E-state index in [0.717, 1.165) is 0 Å². The molecule has 0 saturated heterocycles. The Morgan fingerprint density at radius 3 is 2.35 bits per heavy atom. The Labute approximate surface area is 99.7 Å². The van der Waals surface area contributed by atoms with Crippen LogP contribution in [0.15, 0.2) is 4.90 Å². The van der Waals surface area contributed by atoms with Crippen molar-refractivity contribution in [2.24, 2.45) is 12.2 Å². The van der Waals surface area contributed by atoms with Gasteiger partial charge >= 0.3 is 0 Å². The van der Waals surface area contributed by atoms with E-state index in [1.54, 1.807) is 20.0 Å². The first-order chi connectivity index (χ1) is 7.75. The van der Waals surface area contributed by atoms with Crippen molar-refractivity contribution in [3.8, 4) is 6.07 Å². The summed E-state index contributed by atoms with van der Waals surface area (Å²) in [6.07, 6.45) is 0.440. The first-order valence-corrected chi connectivity index (χ1v) is 6.45. The monoisotopic (exact) mass is 255 g/mol. The standard InChI is InChI=1S/C10H13N3O3S/c1-4-7-9(6(2)14)10(17(12,15)16)8(5-11)13(7)3/h4H2,1-3H3,(H2,12,15,16). The number of sulfonamides is 1. The van der Waals surface area contributed by atoms with Crippen LogP contribution in [0.2, 0.25) is 0 Å². The van der Waals surface area contributed by atoms with Gasteiger partial charge in [0.05, 0.1) is 5.56 Å². The quantitative estimate of drug-likeness (QED) is 0.784. The minimum Gasteiger partial charge on any atom is -0.338 e. The van der Waals surface area contributed by atoms with Crippen molar-refractivity contribution in [1.82, 2.24) is 4.57 Å². The maximum absolute atomic E-state index is 11.5. The fraction of sp³-hybridized carbons (Fsp3) is 0.400. The van der Waals surface area contributed by atoms with Gasteiger partial charge < -0.3 is 4.57 Å². The molecule has 2 N–H and O–H groups in total. The second kappa shape index (κ2) is 4.31. The van der Waals surface area contributed by atoms with Gasteiger partial charge in [0, 0.05) is 12.7 Å². The van der Waals surface area contributed by atoms with Crippen LogP contribution in [0.5, 0.6) is 0 Å². The summed E-state index contributed by atoms with van der Waals surface area (Å²) in [5.74, 6) is -0.414. The summed E-state index contributed by atoms with van der Waals surface area (Å²) in [5, 5.41) is 14.0. The molecule has 0 bridgehead atoms. The third kappa shape index (κ3) is 2.09. The molecule has 0 spiro atoms. The van der Waals surface area contributed by atoms with Crippen molar-refractivity contribution in [3.63, 3.8) is 0 Å². The molecule has 7 heteroatoms. The third-order valence-corrected chi connectivity index (χ3v) is 3.51. The molecule has 1 aromatic heterocycles. The number of aromatic nitrogens is 1. The number of Topliss-reactive ketones (excluding diaryl/α,β-unsaturated/α-hetero) is 1. The molecular weight excluding hydrogens is 242 g/mol. The number of hydrogen-bond acceptors (Lipinski definition) is 4. The number of nitriles is 1. The topological polar surface area (TPSA) is 106 Å². The van der Waals surface area contributed by atoms with Crippen LogP contribution < -0.4 is 5.14 Å². The molecule has 0 aliphatic heterocycles. The Morgan fingerprint density at radius 2 is 2.06 bits per heavy atom. The van der Waals surface area contributed by atoms with Gasteiger partial charge in [-0.1, -0.05) is 6.92 Å². The Morgan fingerprint density at radius 1 is 1.53 bits per heavy atom. The van der Waals surface area contributed by atoms with E-state index in [4.69, 9.17) is 10.4 Å². The van der Waals surface area contributed by atoms with E-state index in [9.17, 15) is 13.2 Å². The number of carbonyl (C=O) groups excluding carboxylic acids is 1. The van der Waals surface area contributed by atoms with Crippen LogP contribution in [0.1, 0.15) is 35.6 Å². The van der Waals surface area contributed by atoms with E-state index >= 15 is 0 Å². The van der Waals surface area contributed by atoms with Crippen molar-refractivity contribution in [3.05, 3.63) is 17.0 Å². The maximum atomic E-state index is 11.5. The summed E-state index contributed by atoms with van der Waals surface area (Å²) in [5.41, 5.74) is 0.418. The summed E-state index contributed by atoms with van der Waals surface area (Å²) in [6.45, 7) is 3.03. The second-order valence-corrected chi connectivity index (χ2v) is 5.12. The molecule has 1 heterocycles. The number of carbonyl (C=O) groups is 1. The lowest BCUT2D eigenvalue weighted by molar-refractivity contribution is 0.101. The minimum atomic E-state index is -4.10. The molecule has 0 saturated carbocycles. The molecule has 1 aromatic rings. The summed E-state index contributed by atoms with van der Waals surface area (Å²) in [7, 11) is -2.56. The van der Waals surface area contributed by atoms with Crippen LogP contribution >= 0.6 is 0 Å². The highest BCUT2D eigenvalue weighted by Gasteiger charge is 2.29. The van der Waals surface area contributed by atoms with E-state index in [1.165, 1.54) is 11.5 Å². The summed E-state index contributed by atoms with van der Waals surface area (Å²) >= 11 is 0. The molecule has 0 atom stereocenters. The lowest BCUT2D eigenvalue weighted by atomic mass is 10.1. The molecule has 0 radical (unpaired) electrons. The molecule has 0 fully saturated rings. The fourth-order valence-electron chi connectivity index (χ4n) is 1.88. The second-order valence-electron chi connectivity index (χ2n) is 3.62. The molecule has 0 aromatic carbocycles. The van der Waals surface area contributed by atoms with Gasteiger partial charge in [-0.2, -0.15) is 5.26 Å². The van der Waals surface area contributed by atoms with Gasteiger partial charge in [-0.15, -0.1) is 0 Å². The van der Waals surface area contributed by atoms with Gasteiger partial charge in [0.25, 0.3) is 0 Å². The Hall–Kier alpha value is -1.65. The number of rotatable bonds is 3. The van der Waals surface area contributed by atoms with Crippen molar-refractivity contribution < 1.29 is 13.2 Å². The van der Waals surface area contributed by atoms with Crippen LogP contribution in [-0.2, 0) is 23.5 Å². The predicted molar refractivity (Wildman–Crippen MR) is 60.9 cm³/mol. The fourth-order valence-corrected chi connectivity index (χ4v) is 2.88. The third-order valence-electron chi connectivity index (χ3n) is 2.55. The van der Waals surface area contributed by atoms with Crippen LogP contribution in [0, 0.1) is 11.3 Å². The zero-order chi connectivity index (χ0) is 13.4. The molecule has 92 valence electrons. The molecule has 0 unspecified atom stereocenters. The highest BCUT2D eigenvalue weighted by Crippen LogP contribution is 2.26. The molecule has 6 nitrogen and oxygen atoms in total. The molecule has 17 heavy (non-hydrogen) atoms. The molecular formula is C10H13N3O3S. The number of primary sulfonamides is 1. The van der Waals surface area contributed by atoms with Crippen molar-refractivity contribution >= 4 is 15.8 Å². The SMILES string of the molecule is CCc1c(C(C)=O)c(S(N)(=O)=O)c(C#N)n1C. The van der Waals surface area contributed by atoms with E-state index in [2.05, 4.69) is 0 Å². The van der Waals surface area contributed by atoms with E-state index in [1.807, 2.05) is 0 Å². The maximum Gasteiger partial charge on any atom is 0.241 e. The van der Waals surface area contributed by atoms with Gasteiger partial charge in [-0.05, 0) is 13.3 Å². The highest BCUT2D eigenvalue weighted by atomic mass is 32.2. The number of ketones is 1. The molecule has 0 amide bonds. The zero-order valence-corrected chi connectivity index (χ0v) is 10.6. The van der Waals surface area contributed by atoms with Crippen molar-refractivity contribution in [2.45, 2.75) is 25.2 Å². The first-order valence-electron chi connectivity index (χ1n) is 4.91. The Balaban J connectivity index is 3.92. The Bertz CT molecular complexity index is 620. The van der Waals surface area contributed by atoms with E-state index in [-0.39, 0.29) is 16.2 Å². The van der Waals surface area contributed by atoms with Gasteiger partial charge in [0.2, 0.25) is 10.0 Å². The van der Waals surface area contributed by atoms with Crippen LogP contribution in [0.3, 0.4) is 0 Å². The van der Waals surface area contributed by atoms with Gasteiger partial charge in [0.15, 0.2) is 5.78 Å². The van der Waals surface area contributed by atoms with E-state index in [0.29, 0.717) is 12.1 Å². The highest BCUT2D eigenvalue weighted by molar-refractivity contribution is 7.89. The predicted octanol–water partition coefficient (Wildman–Crippen LogP) is 0.309. The lowest BCUT2D eigenvalue weighted by Gasteiger charge is -2.01. The van der Waals surface area contributed by atoms with E-state index < -0.39 is 15.8 Å². The number of nitrogens with two attached hydrogens (primary N) is 1. The first kappa shape index (κ1) is 13.4. The largest absolute Gasteiger partial charge is 0.338 e. The Kier molecular flexibility index (Phi) is 3.40. The van der Waals surface area contributed by atoms with Crippen molar-refractivity contribution in [1.29, 1.82) is 5.26 Å². The smallest absolute Gasteiger partial charge is 0.241 e. The molecule has 0 aliphatic rings. The van der Waals surface area contributed by atoms with Gasteiger partial charge in [-0.3, -0.25) is 4.79 Å². The van der Waals surface area contributed by atoms with Gasteiger partial charge in [0.1, 0.15) is 16.7 Å². The van der Waals surface area contributed by atoms with Crippen LogP contribution in [-0.4, -0.2) is 18.8 Å². The normalized spacial score (nSPS) is 11.2. The number of nitrogens with zero attached hydrogens (tertiary/aromatic N) is 2. The minimum absolute atomic E-state index is 0.0223. The lowest BCUT2D eigenvalue weighted by Crippen LogP contribution is -2.16. The summed E-state index contributed by atoms with van der Waals surface area (Å²) < 4.78 is 24.4. The molecule has 0 aliphatic carbocycles. The average molecular weight is 255 g/mol. The van der Waals surface area contributed by atoms with Crippen LogP contribution in [0.4, 0.5) is 0 Å². The van der Waals surface area contributed by atoms with Crippen LogP contribution in [0.25, 0.3) is 0 Å². The molecule has 1 rings (SSSR count). The average Bonchev–Trinajstić information content (AvgIpc) is 2.49. The van der Waals surface area contributed by atoms with Gasteiger partial charge in [-0.25, -0.2) is 13.6 Å². The zero-order valence-electron chi connectivity index (χ0n) is 9.81. The summed E-state index contributed by atoms with van der Waals surface area (Å²) in [4.78, 5) is 11.2. The van der Waals surface area contributed by atoms with Crippen molar-refractivity contribution in [2.75, 3.05) is 0 Å².